The molecule has 51 heavy (non-hydrogen) atoms. The Kier molecular flexibility index (Phi) is 17.7. The predicted molar refractivity (Wildman–Crippen MR) is 194 cm³/mol. The summed E-state index contributed by atoms with van der Waals surface area (Å²) in [6.07, 6.45) is 11.5. The zero-order chi connectivity index (χ0) is 37.1. The maximum absolute atomic E-state index is 14.3. The van der Waals surface area contributed by atoms with Gasteiger partial charge >= 0.3 is 19.5 Å². The van der Waals surface area contributed by atoms with E-state index in [1.54, 1.807) is 49.9 Å². The van der Waals surface area contributed by atoms with E-state index in [2.05, 4.69) is 30.1 Å². The lowest BCUT2D eigenvalue weighted by atomic mass is 10.1. The molecule has 0 amide bonds. The minimum Gasteiger partial charge on any atom is -0.462 e. The van der Waals surface area contributed by atoms with E-state index in [0.29, 0.717) is 37.1 Å². The molecule has 0 bridgehead atoms. The van der Waals surface area contributed by atoms with Crippen LogP contribution in [-0.4, -0.2) is 62.6 Å². The Hall–Kier alpha value is -4.23. The van der Waals surface area contributed by atoms with Gasteiger partial charge in [-0.25, -0.2) is 20.0 Å². The highest BCUT2D eigenvalue weighted by molar-refractivity contribution is 7.57. The molecule has 0 saturated heterocycles. The molecule has 3 N–H and O–H groups in total. The number of hydrogen-bond acceptors (Lipinski definition) is 12. The quantitative estimate of drug-likeness (QED) is 0.0165. The molecule has 0 aliphatic rings. The van der Waals surface area contributed by atoms with Gasteiger partial charge in [0.2, 0.25) is 0 Å². The van der Waals surface area contributed by atoms with Gasteiger partial charge in [-0.1, -0.05) is 63.1 Å². The van der Waals surface area contributed by atoms with Gasteiger partial charge in [-0.05, 0) is 57.7 Å². The molecular formula is C34H52N9O7P. The maximum atomic E-state index is 14.3. The fraction of sp³-hybridized carbons (Fsp3) is 0.618. The molecule has 0 aliphatic carbocycles. The number of hydrogen-bond donors (Lipinski definition) is 2. The Morgan fingerprint density at radius 3 is 2.45 bits per heavy atom. The summed E-state index contributed by atoms with van der Waals surface area (Å²) in [5.41, 5.74) is 15.2. The Labute approximate surface area is 299 Å². The number of anilines is 1. The van der Waals surface area contributed by atoms with Crippen LogP contribution in [0.4, 0.5) is 5.82 Å². The van der Waals surface area contributed by atoms with Gasteiger partial charge in [0.1, 0.15) is 35.7 Å². The SMILES string of the molecule is CCC[C@H](C)OC(=O)[C@H](C)NP(=O)(CO[C@H](C)Cn1cnc2c(N)ncnc21)Oc1cccc(OC(=O)CCCCCCCCCCN=[N+]=[N-])c1. The average Bonchev–Trinajstić information content (AvgIpc) is 3.50. The van der Waals surface area contributed by atoms with E-state index in [1.807, 2.05) is 6.92 Å². The van der Waals surface area contributed by atoms with Crippen LogP contribution in [0.15, 0.2) is 42.0 Å². The van der Waals surface area contributed by atoms with E-state index < -0.39 is 25.6 Å². The third-order valence-electron chi connectivity index (χ3n) is 7.91. The van der Waals surface area contributed by atoms with E-state index in [9.17, 15) is 14.2 Å². The molecule has 3 rings (SSSR count). The molecular weight excluding hydrogens is 677 g/mol. The van der Waals surface area contributed by atoms with Gasteiger partial charge < -0.3 is 29.0 Å². The maximum Gasteiger partial charge on any atom is 0.342 e. The number of azide groups is 1. The summed E-state index contributed by atoms with van der Waals surface area (Å²) >= 11 is 0. The Balaban J connectivity index is 1.57. The number of imidazole rings is 1. The molecule has 2 aromatic heterocycles. The summed E-state index contributed by atoms with van der Waals surface area (Å²) in [6.45, 7) is 8.00. The van der Waals surface area contributed by atoms with Crippen molar-refractivity contribution in [1.82, 2.24) is 24.6 Å². The smallest absolute Gasteiger partial charge is 0.342 e. The normalized spacial score (nSPS) is 14.2. The highest BCUT2D eigenvalue weighted by Crippen LogP contribution is 2.44. The summed E-state index contributed by atoms with van der Waals surface area (Å²) in [6, 6.07) is 5.33. The zero-order valence-corrected chi connectivity index (χ0v) is 31.0. The van der Waals surface area contributed by atoms with Crippen LogP contribution in [0.25, 0.3) is 21.6 Å². The number of carbonyl (C=O) groups is 2. The topological polar surface area (TPSA) is 219 Å². The number of unbranched alkanes of at least 4 members (excludes halogenated alkanes) is 7. The first-order valence-corrected chi connectivity index (χ1v) is 19.5. The van der Waals surface area contributed by atoms with Gasteiger partial charge in [-0.3, -0.25) is 14.2 Å². The van der Waals surface area contributed by atoms with Gasteiger partial charge in [-0.2, -0.15) is 0 Å². The average molecular weight is 730 g/mol. The number of ether oxygens (including phenoxy) is 3. The van der Waals surface area contributed by atoms with E-state index in [1.165, 1.54) is 12.4 Å². The molecule has 0 fully saturated rings. The van der Waals surface area contributed by atoms with Gasteiger partial charge in [0, 0.05) is 23.9 Å². The first kappa shape index (κ1) is 41.2. The Bertz CT molecular complexity index is 1630. The summed E-state index contributed by atoms with van der Waals surface area (Å²) < 4.78 is 39.1. The number of fused-ring (bicyclic) bond motifs is 1. The van der Waals surface area contributed by atoms with Crippen molar-refractivity contribution in [2.75, 3.05) is 18.6 Å². The van der Waals surface area contributed by atoms with Crippen molar-refractivity contribution in [1.29, 1.82) is 0 Å². The van der Waals surface area contributed by atoms with Gasteiger partial charge in [0.25, 0.3) is 0 Å². The van der Waals surface area contributed by atoms with Gasteiger partial charge in [-0.15, -0.1) is 0 Å². The number of nitrogens with two attached hydrogens (primary N) is 1. The van der Waals surface area contributed by atoms with Crippen LogP contribution in [-0.2, 0) is 30.2 Å². The van der Waals surface area contributed by atoms with Crippen molar-refractivity contribution in [3.05, 3.63) is 47.4 Å². The second-order valence-corrected chi connectivity index (χ2v) is 14.6. The van der Waals surface area contributed by atoms with Crippen LogP contribution < -0.4 is 20.1 Å². The number of benzene rings is 1. The summed E-state index contributed by atoms with van der Waals surface area (Å²) in [4.78, 5) is 40.7. The lowest BCUT2D eigenvalue weighted by molar-refractivity contribution is -0.150. The molecule has 1 aromatic carbocycles. The molecule has 0 spiro atoms. The lowest BCUT2D eigenvalue weighted by Gasteiger charge is -2.26. The highest BCUT2D eigenvalue weighted by Gasteiger charge is 2.32. The minimum absolute atomic E-state index is 0.166. The van der Waals surface area contributed by atoms with Crippen LogP contribution in [0, 0.1) is 0 Å². The van der Waals surface area contributed by atoms with Crippen LogP contribution in [0.3, 0.4) is 0 Å². The van der Waals surface area contributed by atoms with Gasteiger partial charge in [0.05, 0.1) is 25.1 Å². The molecule has 2 heterocycles. The van der Waals surface area contributed by atoms with Crippen LogP contribution in [0.5, 0.6) is 11.5 Å². The Morgan fingerprint density at radius 2 is 1.73 bits per heavy atom. The van der Waals surface area contributed by atoms with Crippen LogP contribution in [0.2, 0.25) is 0 Å². The van der Waals surface area contributed by atoms with Crippen molar-refractivity contribution in [2.45, 2.75) is 123 Å². The molecule has 0 saturated carbocycles. The molecule has 3 aromatic rings. The first-order chi connectivity index (χ1) is 24.5. The fourth-order valence-corrected chi connectivity index (χ4v) is 7.08. The van der Waals surface area contributed by atoms with Crippen molar-refractivity contribution in [2.24, 2.45) is 5.11 Å². The number of aromatic nitrogens is 4. The minimum atomic E-state index is -3.91. The standard InChI is InChI=1S/C34H52N9O7P/c1-5-15-25(2)48-34(45)27(4)41-51(46,24-47-26(3)21-43-23-39-31-32(35)37-22-38-33(31)43)50-29-17-14-16-28(20-29)49-30(44)18-12-10-8-6-7-9-11-13-19-40-42-36/h14,16-17,20,22-23,25-27H,5-13,15,18-19,21,24H2,1-4H3,(H,41,46)(H2,35,37,38)/t25-,26+,27-,51?/m0/s1. The molecule has 1 unspecified atom stereocenters. The number of esters is 2. The van der Waals surface area contributed by atoms with E-state index in [0.717, 1.165) is 51.4 Å². The fourth-order valence-electron chi connectivity index (χ4n) is 5.30. The lowest BCUT2D eigenvalue weighted by Crippen LogP contribution is -2.37. The Morgan fingerprint density at radius 1 is 1.02 bits per heavy atom. The molecule has 0 radical (unpaired) electrons. The number of nitrogens with one attached hydrogen (secondary N) is 1. The van der Waals surface area contributed by atoms with E-state index in [-0.39, 0.29) is 42.2 Å². The zero-order valence-electron chi connectivity index (χ0n) is 30.1. The molecule has 280 valence electrons. The van der Waals surface area contributed by atoms with Crippen LogP contribution >= 0.6 is 7.52 Å². The van der Waals surface area contributed by atoms with Crippen molar-refractivity contribution < 1.29 is 32.9 Å². The van der Waals surface area contributed by atoms with Crippen LogP contribution in [0.1, 0.15) is 98.3 Å². The van der Waals surface area contributed by atoms with Gasteiger partial charge in [0.15, 0.2) is 11.5 Å². The number of carbonyl (C=O) groups excluding carboxylic acids is 2. The number of nitrogen functional groups attached to an aromatic ring is 1. The monoisotopic (exact) mass is 729 g/mol. The molecule has 0 aliphatic heterocycles. The summed E-state index contributed by atoms with van der Waals surface area (Å²) in [5.74, 6) is -0.275. The van der Waals surface area contributed by atoms with Crippen molar-refractivity contribution in [3.8, 4) is 11.5 Å². The number of rotatable bonds is 25. The van der Waals surface area contributed by atoms with E-state index >= 15 is 0 Å². The van der Waals surface area contributed by atoms with Crippen molar-refractivity contribution in [3.63, 3.8) is 0 Å². The summed E-state index contributed by atoms with van der Waals surface area (Å²) in [5, 5.41) is 6.36. The van der Waals surface area contributed by atoms with Crippen molar-refractivity contribution >= 4 is 36.4 Å². The second-order valence-electron chi connectivity index (χ2n) is 12.6. The second kappa shape index (κ2) is 21.9. The number of nitrogens with zero attached hydrogens (tertiary/aromatic N) is 7. The first-order valence-electron chi connectivity index (χ1n) is 17.6. The third-order valence-corrected chi connectivity index (χ3v) is 9.69. The molecule has 16 nitrogen and oxygen atoms in total. The van der Waals surface area contributed by atoms with E-state index in [4.69, 9.17) is 30.0 Å². The highest BCUT2D eigenvalue weighted by atomic mass is 31.2. The third kappa shape index (κ3) is 14.9. The predicted octanol–water partition coefficient (Wildman–Crippen LogP) is 7.48. The molecule has 17 heteroatoms. The molecule has 4 atom stereocenters. The largest absolute Gasteiger partial charge is 0.462 e. The summed E-state index contributed by atoms with van der Waals surface area (Å²) in [7, 11) is -3.91.